The summed E-state index contributed by atoms with van der Waals surface area (Å²) in [6, 6.07) is 14.9. The fourth-order valence-corrected chi connectivity index (χ4v) is 3.62. The zero-order valence-electron chi connectivity index (χ0n) is 15.6. The minimum atomic E-state index is -0.683. The Kier molecular flexibility index (Phi) is 4.39. The molecule has 0 unspecified atom stereocenters. The van der Waals surface area contributed by atoms with E-state index in [1.165, 1.54) is 0 Å². The lowest BCUT2D eigenvalue weighted by Crippen LogP contribution is -2.32. The highest BCUT2D eigenvalue weighted by molar-refractivity contribution is 5.95. The lowest BCUT2D eigenvalue weighted by molar-refractivity contribution is -0.139. The molecule has 0 saturated heterocycles. The number of pyridine rings is 1. The summed E-state index contributed by atoms with van der Waals surface area (Å²) in [4.78, 5) is 28.6. The van der Waals surface area contributed by atoms with Crippen LogP contribution in [0.3, 0.4) is 0 Å². The first-order chi connectivity index (χ1) is 13.5. The third-order valence-electron chi connectivity index (χ3n) is 4.84. The highest BCUT2D eigenvalue weighted by Crippen LogP contribution is 2.43. The van der Waals surface area contributed by atoms with Gasteiger partial charge in [0.15, 0.2) is 0 Å². The summed E-state index contributed by atoms with van der Waals surface area (Å²) in [5.74, 6) is -0.948. The van der Waals surface area contributed by atoms with Gasteiger partial charge in [-0.3, -0.25) is 4.79 Å². The first-order valence-electron chi connectivity index (χ1n) is 9.07. The van der Waals surface area contributed by atoms with Crippen molar-refractivity contribution in [1.29, 1.82) is 0 Å². The van der Waals surface area contributed by atoms with Gasteiger partial charge in [0.1, 0.15) is 11.3 Å². The third kappa shape index (κ3) is 2.83. The van der Waals surface area contributed by atoms with Gasteiger partial charge in [-0.2, -0.15) is 0 Å². The van der Waals surface area contributed by atoms with Crippen molar-refractivity contribution in [3.8, 4) is 5.75 Å². The highest BCUT2D eigenvalue weighted by atomic mass is 16.5. The number of nitrogens with two attached hydrogens (primary N) is 1. The molecule has 6 heteroatoms. The Labute approximate surface area is 161 Å². The van der Waals surface area contributed by atoms with Crippen molar-refractivity contribution in [3.63, 3.8) is 0 Å². The van der Waals surface area contributed by atoms with Gasteiger partial charge in [0.05, 0.1) is 23.6 Å². The smallest absolute Gasteiger partial charge is 0.340 e. The number of fused-ring (bicyclic) bond motifs is 3. The minimum Gasteiger partial charge on any atom is -0.462 e. The number of hydrogen-bond donors (Lipinski definition) is 2. The van der Waals surface area contributed by atoms with Gasteiger partial charge in [-0.25, -0.2) is 4.79 Å². The Balaban J connectivity index is 2.05. The number of aryl methyl sites for hydroxylation is 1. The summed E-state index contributed by atoms with van der Waals surface area (Å²) in [5.41, 5.74) is 8.76. The molecule has 0 saturated carbocycles. The number of hydrogen-bond acceptors (Lipinski definition) is 5. The summed E-state index contributed by atoms with van der Waals surface area (Å²) < 4.78 is 11.0. The standard InChI is InChI=1S/C22H20N2O4/c1-3-27-22(26)18-16(13-7-5-4-6-8-13)17-19(28-20(18)23)14-11-12(2)9-10-15(14)24-21(17)25/h4-11,16H,3,23H2,1-2H3,(H,24,25)/t16-/m0/s1. The maximum atomic E-state index is 13.0. The number of ether oxygens (including phenoxy) is 2. The monoisotopic (exact) mass is 376 g/mol. The summed E-state index contributed by atoms with van der Waals surface area (Å²) in [5, 5.41) is 0.737. The van der Waals surface area contributed by atoms with Crippen LogP contribution in [0.25, 0.3) is 10.9 Å². The highest BCUT2D eigenvalue weighted by Gasteiger charge is 2.38. The molecule has 4 rings (SSSR count). The van der Waals surface area contributed by atoms with Crippen LogP contribution in [0.1, 0.15) is 29.5 Å². The normalized spacial score (nSPS) is 15.9. The quantitative estimate of drug-likeness (QED) is 0.685. The van der Waals surface area contributed by atoms with E-state index in [4.69, 9.17) is 15.2 Å². The van der Waals surface area contributed by atoms with Crippen molar-refractivity contribution in [2.45, 2.75) is 19.8 Å². The molecular weight excluding hydrogens is 356 g/mol. The van der Waals surface area contributed by atoms with Gasteiger partial charge < -0.3 is 20.2 Å². The molecule has 0 radical (unpaired) electrons. The molecule has 0 bridgehead atoms. The molecule has 6 nitrogen and oxygen atoms in total. The Morgan fingerprint density at radius 1 is 1.21 bits per heavy atom. The molecule has 1 aliphatic heterocycles. The van der Waals surface area contributed by atoms with E-state index in [0.29, 0.717) is 16.8 Å². The first-order valence-corrected chi connectivity index (χ1v) is 9.07. The van der Waals surface area contributed by atoms with Crippen LogP contribution in [0.5, 0.6) is 5.75 Å². The van der Waals surface area contributed by atoms with Crippen molar-refractivity contribution < 1.29 is 14.3 Å². The van der Waals surface area contributed by atoms with Gasteiger partial charge in [-0.05, 0) is 31.5 Å². The molecule has 0 aliphatic carbocycles. The molecule has 0 fully saturated rings. The molecule has 3 N–H and O–H groups in total. The topological polar surface area (TPSA) is 94.4 Å². The SMILES string of the molecule is CCOC(=O)C1=C(N)Oc2c(c(=O)[nH]c3ccc(C)cc23)[C@@H]1c1ccccc1. The number of carbonyl (C=O) groups is 1. The van der Waals surface area contributed by atoms with Crippen LogP contribution < -0.4 is 16.0 Å². The Morgan fingerprint density at radius 3 is 2.68 bits per heavy atom. The second-order valence-electron chi connectivity index (χ2n) is 6.69. The van der Waals surface area contributed by atoms with E-state index in [0.717, 1.165) is 16.5 Å². The van der Waals surface area contributed by atoms with Crippen LogP contribution in [0, 0.1) is 6.92 Å². The van der Waals surface area contributed by atoms with Gasteiger partial charge in [0, 0.05) is 5.39 Å². The van der Waals surface area contributed by atoms with Crippen molar-refractivity contribution in [3.05, 3.63) is 87.0 Å². The second kappa shape index (κ2) is 6.88. The average Bonchev–Trinajstić information content (AvgIpc) is 2.68. The summed E-state index contributed by atoms with van der Waals surface area (Å²) in [7, 11) is 0. The van der Waals surface area contributed by atoms with Crippen LogP contribution in [-0.4, -0.2) is 17.6 Å². The van der Waals surface area contributed by atoms with Crippen LogP contribution in [0.4, 0.5) is 0 Å². The second-order valence-corrected chi connectivity index (χ2v) is 6.69. The Bertz CT molecular complexity index is 1160. The maximum Gasteiger partial charge on any atom is 0.340 e. The molecule has 0 amide bonds. The molecule has 2 heterocycles. The number of benzene rings is 2. The molecule has 1 aromatic heterocycles. The molecule has 28 heavy (non-hydrogen) atoms. The number of aromatic nitrogens is 1. The minimum absolute atomic E-state index is 0.0480. The van der Waals surface area contributed by atoms with Crippen molar-refractivity contribution >= 4 is 16.9 Å². The lowest BCUT2D eigenvalue weighted by Gasteiger charge is -2.28. The molecule has 142 valence electrons. The predicted octanol–water partition coefficient (Wildman–Crippen LogP) is 3.09. The van der Waals surface area contributed by atoms with Crippen molar-refractivity contribution in [2.24, 2.45) is 5.73 Å². The summed E-state index contributed by atoms with van der Waals surface area (Å²) >= 11 is 0. The fraction of sp³-hybridized carbons (Fsp3) is 0.182. The third-order valence-corrected chi connectivity index (χ3v) is 4.84. The van der Waals surface area contributed by atoms with Gasteiger partial charge in [-0.1, -0.05) is 42.0 Å². The van der Waals surface area contributed by atoms with Crippen LogP contribution in [0.15, 0.2) is 64.8 Å². The average molecular weight is 376 g/mol. The maximum absolute atomic E-state index is 13.0. The number of H-pyrrole nitrogens is 1. The zero-order valence-corrected chi connectivity index (χ0v) is 15.6. The van der Waals surface area contributed by atoms with Gasteiger partial charge >= 0.3 is 5.97 Å². The summed E-state index contributed by atoms with van der Waals surface area (Å²) in [6.45, 7) is 3.86. The number of esters is 1. The van der Waals surface area contributed by atoms with Crippen LogP contribution in [-0.2, 0) is 9.53 Å². The van der Waals surface area contributed by atoms with E-state index in [1.54, 1.807) is 6.92 Å². The van der Waals surface area contributed by atoms with E-state index in [-0.39, 0.29) is 23.6 Å². The van der Waals surface area contributed by atoms with Crippen LogP contribution >= 0.6 is 0 Å². The van der Waals surface area contributed by atoms with E-state index < -0.39 is 11.9 Å². The van der Waals surface area contributed by atoms with E-state index in [1.807, 2.05) is 55.5 Å². The first kappa shape index (κ1) is 17.9. The lowest BCUT2D eigenvalue weighted by atomic mass is 9.83. The molecule has 0 spiro atoms. The van der Waals surface area contributed by atoms with Crippen LogP contribution in [0.2, 0.25) is 0 Å². The Hall–Kier alpha value is -3.54. The van der Waals surface area contributed by atoms with Crippen molar-refractivity contribution in [1.82, 2.24) is 4.98 Å². The van der Waals surface area contributed by atoms with E-state index >= 15 is 0 Å². The number of aromatic amines is 1. The largest absolute Gasteiger partial charge is 0.462 e. The predicted molar refractivity (Wildman–Crippen MR) is 106 cm³/mol. The van der Waals surface area contributed by atoms with Gasteiger partial charge in [0.25, 0.3) is 5.56 Å². The molecule has 3 aromatic rings. The van der Waals surface area contributed by atoms with Gasteiger partial charge in [-0.15, -0.1) is 0 Å². The zero-order chi connectivity index (χ0) is 19.8. The number of nitrogens with one attached hydrogen (secondary N) is 1. The Morgan fingerprint density at radius 2 is 1.96 bits per heavy atom. The van der Waals surface area contributed by atoms with E-state index in [9.17, 15) is 9.59 Å². The molecule has 1 aliphatic rings. The molecule has 1 atom stereocenters. The number of rotatable bonds is 3. The van der Waals surface area contributed by atoms with E-state index in [2.05, 4.69) is 4.98 Å². The molecule has 2 aromatic carbocycles. The fourth-order valence-electron chi connectivity index (χ4n) is 3.62. The number of carbonyl (C=O) groups excluding carboxylic acids is 1. The molecular formula is C22H20N2O4. The summed E-state index contributed by atoms with van der Waals surface area (Å²) in [6.07, 6.45) is 0. The van der Waals surface area contributed by atoms with Gasteiger partial charge in [0.2, 0.25) is 5.88 Å². The van der Waals surface area contributed by atoms with Crippen molar-refractivity contribution in [2.75, 3.05) is 6.61 Å².